The molecule has 1 heterocycles. The SMILES string of the molecule is NNC(c1cccc2nccnc12)C1CCCC1. The summed E-state index contributed by atoms with van der Waals surface area (Å²) >= 11 is 0. The Morgan fingerprint density at radius 3 is 2.72 bits per heavy atom. The summed E-state index contributed by atoms with van der Waals surface area (Å²) in [5.41, 5.74) is 6.07. The van der Waals surface area contributed by atoms with Gasteiger partial charge in [-0.2, -0.15) is 0 Å². The molecule has 0 amide bonds. The third kappa shape index (κ3) is 1.98. The molecule has 1 aromatic carbocycles. The third-order valence-corrected chi connectivity index (χ3v) is 3.92. The largest absolute Gasteiger partial charge is 0.271 e. The van der Waals surface area contributed by atoms with Gasteiger partial charge in [0.15, 0.2) is 0 Å². The molecule has 1 unspecified atom stereocenters. The average molecular weight is 242 g/mol. The molecule has 0 bridgehead atoms. The minimum atomic E-state index is 0.188. The zero-order valence-electron chi connectivity index (χ0n) is 10.3. The van der Waals surface area contributed by atoms with Gasteiger partial charge >= 0.3 is 0 Å². The molecule has 1 aliphatic rings. The fourth-order valence-corrected chi connectivity index (χ4v) is 3.04. The van der Waals surface area contributed by atoms with Gasteiger partial charge in [-0.25, -0.2) is 0 Å². The maximum atomic E-state index is 5.78. The number of benzene rings is 1. The second kappa shape index (κ2) is 5.00. The summed E-state index contributed by atoms with van der Waals surface area (Å²) < 4.78 is 0. The lowest BCUT2D eigenvalue weighted by atomic mass is 9.91. The highest BCUT2D eigenvalue weighted by molar-refractivity contribution is 5.78. The van der Waals surface area contributed by atoms with Crippen LogP contribution in [-0.4, -0.2) is 9.97 Å². The molecule has 1 aliphatic carbocycles. The van der Waals surface area contributed by atoms with Crippen molar-refractivity contribution in [2.45, 2.75) is 31.7 Å². The summed E-state index contributed by atoms with van der Waals surface area (Å²) in [5, 5.41) is 0. The molecular formula is C14H18N4. The number of hydrogen-bond donors (Lipinski definition) is 2. The number of nitrogens with two attached hydrogens (primary N) is 1. The van der Waals surface area contributed by atoms with E-state index in [9.17, 15) is 0 Å². The van der Waals surface area contributed by atoms with Gasteiger partial charge in [-0.05, 0) is 30.4 Å². The first kappa shape index (κ1) is 11.6. The van der Waals surface area contributed by atoms with E-state index in [-0.39, 0.29) is 6.04 Å². The van der Waals surface area contributed by atoms with Gasteiger partial charge in [0.2, 0.25) is 0 Å². The molecule has 94 valence electrons. The Balaban J connectivity index is 2.06. The van der Waals surface area contributed by atoms with Gasteiger partial charge in [0.1, 0.15) is 0 Å². The lowest BCUT2D eigenvalue weighted by molar-refractivity contribution is 0.375. The molecule has 1 saturated carbocycles. The van der Waals surface area contributed by atoms with Crippen LogP contribution in [0.5, 0.6) is 0 Å². The van der Waals surface area contributed by atoms with Gasteiger partial charge in [0.25, 0.3) is 0 Å². The van der Waals surface area contributed by atoms with E-state index in [0.717, 1.165) is 11.0 Å². The molecule has 0 saturated heterocycles. The molecule has 0 radical (unpaired) electrons. The van der Waals surface area contributed by atoms with Crippen LogP contribution in [0.2, 0.25) is 0 Å². The first-order valence-corrected chi connectivity index (χ1v) is 6.56. The molecule has 2 aromatic rings. The molecule has 4 nitrogen and oxygen atoms in total. The summed E-state index contributed by atoms with van der Waals surface area (Å²) in [4.78, 5) is 8.82. The van der Waals surface area contributed by atoms with Gasteiger partial charge < -0.3 is 0 Å². The molecule has 0 aliphatic heterocycles. The fraction of sp³-hybridized carbons (Fsp3) is 0.429. The number of hydrazine groups is 1. The Kier molecular flexibility index (Phi) is 3.21. The second-order valence-corrected chi connectivity index (χ2v) is 4.96. The summed E-state index contributed by atoms with van der Waals surface area (Å²) in [5.74, 6) is 6.39. The molecule has 1 aromatic heterocycles. The van der Waals surface area contributed by atoms with Gasteiger partial charge in [-0.15, -0.1) is 0 Å². The van der Waals surface area contributed by atoms with Crippen molar-refractivity contribution in [3.8, 4) is 0 Å². The molecule has 1 atom stereocenters. The number of para-hydroxylation sites is 1. The highest BCUT2D eigenvalue weighted by atomic mass is 15.2. The van der Waals surface area contributed by atoms with Crippen LogP contribution in [-0.2, 0) is 0 Å². The van der Waals surface area contributed by atoms with Crippen molar-refractivity contribution in [3.63, 3.8) is 0 Å². The van der Waals surface area contributed by atoms with Gasteiger partial charge in [-0.3, -0.25) is 21.2 Å². The average Bonchev–Trinajstić information content (AvgIpc) is 2.94. The van der Waals surface area contributed by atoms with Crippen molar-refractivity contribution in [1.82, 2.24) is 15.4 Å². The number of nitrogens with one attached hydrogen (secondary N) is 1. The van der Waals surface area contributed by atoms with E-state index >= 15 is 0 Å². The van der Waals surface area contributed by atoms with Gasteiger partial charge in [-0.1, -0.05) is 25.0 Å². The number of fused-ring (bicyclic) bond motifs is 1. The first-order chi connectivity index (χ1) is 8.90. The lowest BCUT2D eigenvalue weighted by Gasteiger charge is -2.23. The van der Waals surface area contributed by atoms with Crippen molar-refractivity contribution in [2.75, 3.05) is 0 Å². The predicted molar refractivity (Wildman–Crippen MR) is 71.6 cm³/mol. The lowest BCUT2D eigenvalue weighted by Crippen LogP contribution is -2.32. The van der Waals surface area contributed by atoms with Crippen LogP contribution in [0.1, 0.15) is 37.3 Å². The van der Waals surface area contributed by atoms with E-state index in [1.165, 1.54) is 31.2 Å². The molecular weight excluding hydrogens is 224 g/mol. The normalized spacial score (nSPS) is 18.3. The Morgan fingerprint density at radius 1 is 1.17 bits per heavy atom. The number of hydrogen-bond acceptors (Lipinski definition) is 4. The van der Waals surface area contributed by atoms with Gasteiger partial charge in [0.05, 0.1) is 17.1 Å². The van der Waals surface area contributed by atoms with Crippen LogP contribution in [0.3, 0.4) is 0 Å². The van der Waals surface area contributed by atoms with Gasteiger partial charge in [0, 0.05) is 12.4 Å². The highest BCUT2D eigenvalue weighted by Crippen LogP contribution is 2.36. The Hall–Kier alpha value is -1.52. The Bertz CT molecular complexity index is 529. The van der Waals surface area contributed by atoms with Crippen LogP contribution in [0.15, 0.2) is 30.6 Å². The zero-order chi connectivity index (χ0) is 12.4. The van der Waals surface area contributed by atoms with E-state index in [1.54, 1.807) is 12.4 Å². The highest BCUT2D eigenvalue weighted by Gasteiger charge is 2.26. The molecule has 3 N–H and O–H groups in total. The third-order valence-electron chi connectivity index (χ3n) is 3.92. The maximum absolute atomic E-state index is 5.78. The van der Waals surface area contributed by atoms with E-state index < -0.39 is 0 Å². The van der Waals surface area contributed by atoms with Crippen molar-refractivity contribution in [1.29, 1.82) is 0 Å². The van der Waals surface area contributed by atoms with Crippen LogP contribution < -0.4 is 11.3 Å². The minimum Gasteiger partial charge on any atom is -0.271 e. The molecule has 3 rings (SSSR count). The van der Waals surface area contributed by atoms with Crippen LogP contribution in [0.4, 0.5) is 0 Å². The molecule has 1 fully saturated rings. The number of aromatic nitrogens is 2. The number of nitrogens with zero attached hydrogens (tertiary/aromatic N) is 2. The van der Waals surface area contributed by atoms with E-state index in [0.29, 0.717) is 5.92 Å². The summed E-state index contributed by atoms with van der Waals surface area (Å²) in [6, 6.07) is 6.33. The summed E-state index contributed by atoms with van der Waals surface area (Å²) in [6.07, 6.45) is 8.57. The van der Waals surface area contributed by atoms with Crippen LogP contribution in [0, 0.1) is 5.92 Å². The summed E-state index contributed by atoms with van der Waals surface area (Å²) in [7, 11) is 0. The van der Waals surface area contributed by atoms with Crippen molar-refractivity contribution in [2.24, 2.45) is 11.8 Å². The van der Waals surface area contributed by atoms with Crippen molar-refractivity contribution >= 4 is 11.0 Å². The monoisotopic (exact) mass is 242 g/mol. The number of rotatable bonds is 3. The van der Waals surface area contributed by atoms with Crippen molar-refractivity contribution < 1.29 is 0 Å². The Morgan fingerprint density at radius 2 is 1.94 bits per heavy atom. The summed E-state index contributed by atoms with van der Waals surface area (Å²) in [6.45, 7) is 0. The van der Waals surface area contributed by atoms with E-state index in [2.05, 4.69) is 21.5 Å². The fourth-order valence-electron chi connectivity index (χ4n) is 3.04. The topological polar surface area (TPSA) is 63.8 Å². The molecule has 0 spiro atoms. The van der Waals surface area contributed by atoms with E-state index in [4.69, 9.17) is 5.84 Å². The zero-order valence-corrected chi connectivity index (χ0v) is 10.3. The van der Waals surface area contributed by atoms with Crippen LogP contribution in [0.25, 0.3) is 11.0 Å². The second-order valence-electron chi connectivity index (χ2n) is 4.96. The molecule has 18 heavy (non-hydrogen) atoms. The predicted octanol–water partition coefficient (Wildman–Crippen LogP) is 2.32. The smallest absolute Gasteiger partial charge is 0.0935 e. The van der Waals surface area contributed by atoms with E-state index in [1.807, 2.05) is 12.1 Å². The Labute approximate surface area is 107 Å². The minimum absolute atomic E-state index is 0.188. The first-order valence-electron chi connectivity index (χ1n) is 6.56. The van der Waals surface area contributed by atoms with Crippen molar-refractivity contribution in [3.05, 3.63) is 36.2 Å². The quantitative estimate of drug-likeness (QED) is 0.640. The maximum Gasteiger partial charge on any atom is 0.0935 e. The standard InChI is InChI=1S/C14H18N4/c15-18-13(10-4-1-2-5-10)11-6-3-7-12-14(11)17-9-8-16-12/h3,6-10,13,18H,1-2,4-5,15H2. The molecule has 4 heteroatoms. The van der Waals surface area contributed by atoms with Crippen LogP contribution >= 0.6 is 0 Å².